The minimum Gasteiger partial charge on any atom is -0.506 e. The highest BCUT2D eigenvalue weighted by molar-refractivity contribution is 6.31. The zero-order valence-corrected chi connectivity index (χ0v) is 12.5. The lowest BCUT2D eigenvalue weighted by molar-refractivity contribution is 0.471. The van der Waals surface area contributed by atoms with Gasteiger partial charge in [0.05, 0.1) is 16.6 Å². The van der Waals surface area contributed by atoms with Crippen LogP contribution >= 0.6 is 11.6 Å². The monoisotopic (exact) mass is 323 g/mol. The minimum atomic E-state index is -0.623. The summed E-state index contributed by atoms with van der Waals surface area (Å²) in [4.78, 5) is 16.7. The van der Waals surface area contributed by atoms with Crippen LogP contribution in [-0.2, 0) is 0 Å². The molecule has 0 unspecified atom stereocenters. The summed E-state index contributed by atoms with van der Waals surface area (Å²) in [5.74, 6) is -0.127. The molecule has 0 spiro atoms. The number of hydrogen-bond acceptors (Lipinski definition) is 4. The van der Waals surface area contributed by atoms with Crippen LogP contribution in [0.25, 0.3) is 33.1 Å². The van der Waals surface area contributed by atoms with Gasteiger partial charge in [-0.2, -0.15) is 0 Å². The highest BCUT2D eigenvalue weighted by Gasteiger charge is 2.17. The molecule has 4 aromatic rings. The van der Waals surface area contributed by atoms with E-state index in [4.69, 9.17) is 16.0 Å². The van der Waals surface area contributed by atoms with Gasteiger partial charge in [-0.05, 0) is 36.4 Å². The van der Waals surface area contributed by atoms with Crippen molar-refractivity contribution in [1.82, 2.24) is 4.98 Å². The fourth-order valence-electron chi connectivity index (χ4n) is 2.60. The number of fused-ring (bicyclic) bond motifs is 2. The molecule has 112 valence electrons. The van der Waals surface area contributed by atoms with Gasteiger partial charge in [0.15, 0.2) is 0 Å². The summed E-state index contributed by atoms with van der Waals surface area (Å²) in [6.07, 6.45) is 0. The Hall–Kier alpha value is -2.85. The van der Waals surface area contributed by atoms with Crippen LogP contribution in [-0.4, -0.2) is 10.1 Å². The van der Waals surface area contributed by atoms with E-state index in [1.807, 2.05) is 0 Å². The van der Waals surface area contributed by atoms with Crippen LogP contribution in [0.15, 0.2) is 63.8 Å². The number of aromatic nitrogens is 1. The first-order valence-corrected chi connectivity index (χ1v) is 7.33. The van der Waals surface area contributed by atoms with Gasteiger partial charge < -0.3 is 9.52 Å². The van der Waals surface area contributed by atoms with Crippen molar-refractivity contribution in [3.63, 3.8) is 0 Å². The Kier molecular flexibility index (Phi) is 3.06. The van der Waals surface area contributed by atoms with E-state index in [0.717, 1.165) is 5.39 Å². The molecule has 4 nitrogen and oxygen atoms in total. The number of para-hydroxylation sites is 1. The molecule has 2 aromatic heterocycles. The molecule has 0 saturated heterocycles. The van der Waals surface area contributed by atoms with Gasteiger partial charge >= 0.3 is 5.63 Å². The van der Waals surface area contributed by atoms with Crippen LogP contribution in [0, 0.1) is 0 Å². The highest BCUT2D eigenvalue weighted by Crippen LogP contribution is 2.32. The Morgan fingerprint density at radius 1 is 1.04 bits per heavy atom. The SMILES string of the molecule is O=c1oc2ccccc2c(O)c1-c1ccc2cc(Cl)ccc2n1. The predicted molar refractivity (Wildman–Crippen MR) is 89.9 cm³/mol. The molecule has 23 heavy (non-hydrogen) atoms. The second-order valence-electron chi connectivity index (χ2n) is 5.14. The van der Waals surface area contributed by atoms with E-state index in [9.17, 15) is 9.90 Å². The lowest BCUT2D eigenvalue weighted by Gasteiger charge is -2.07. The van der Waals surface area contributed by atoms with Gasteiger partial charge in [-0.1, -0.05) is 29.8 Å². The van der Waals surface area contributed by atoms with Gasteiger partial charge in [-0.15, -0.1) is 0 Å². The van der Waals surface area contributed by atoms with Crippen LogP contribution in [0.4, 0.5) is 0 Å². The van der Waals surface area contributed by atoms with Crippen molar-refractivity contribution in [2.45, 2.75) is 0 Å². The van der Waals surface area contributed by atoms with Gasteiger partial charge in [0.2, 0.25) is 0 Å². The number of pyridine rings is 1. The number of benzene rings is 2. The Bertz CT molecular complexity index is 1120. The summed E-state index contributed by atoms with van der Waals surface area (Å²) in [6, 6.07) is 15.6. The summed E-state index contributed by atoms with van der Waals surface area (Å²) in [5, 5.41) is 12.4. The van der Waals surface area contributed by atoms with Crippen molar-refractivity contribution in [2.24, 2.45) is 0 Å². The summed E-state index contributed by atoms with van der Waals surface area (Å²) in [7, 11) is 0. The third-order valence-corrected chi connectivity index (χ3v) is 3.93. The van der Waals surface area contributed by atoms with Crippen LogP contribution < -0.4 is 5.63 Å². The van der Waals surface area contributed by atoms with E-state index in [2.05, 4.69) is 4.98 Å². The molecule has 0 aliphatic carbocycles. The number of nitrogens with zero attached hydrogens (tertiary/aromatic N) is 1. The third-order valence-electron chi connectivity index (χ3n) is 3.69. The van der Waals surface area contributed by atoms with E-state index < -0.39 is 5.63 Å². The van der Waals surface area contributed by atoms with Crippen LogP contribution in [0.5, 0.6) is 5.75 Å². The maximum atomic E-state index is 12.3. The second kappa shape index (κ2) is 5.11. The van der Waals surface area contributed by atoms with Crippen molar-refractivity contribution in [3.8, 4) is 17.0 Å². The predicted octanol–water partition coefficient (Wildman–Crippen LogP) is 4.37. The lowest BCUT2D eigenvalue weighted by atomic mass is 10.1. The summed E-state index contributed by atoms with van der Waals surface area (Å²) < 4.78 is 5.28. The Labute approximate surface area is 135 Å². The second-order valence-corrected chi connectivity index (χ2v) is 5.58. The number of halogens is 1. The van der Waals surface area contributed by atoms with Gasteiger partial charge in [0.25, 0.3) is 0 Å². The third kappa shape index (κ3) is 2.24. The van der Waals surface area contributed by atoms with Crippen LogP contribution in [0.3, 0.4) is 0 Å². The van der Waals surface area contributed by atoms with E-state index in [-0.39, 0.29) is 11.3 Å². The Balaban J connectivity index is 2.02. The van der Waals surface area contributed by atoms with Gasteiger partial charge in [-0.25, -0.2) is 9.78 Å². The lowest BCUT2D eigenvalue weighted by Crippen LogP contribution is -2.04. The standard InChI is InChI=1S/C18H10ClNO3/c19-11-6-8-13-10(9-11)5-7-14(20-13)16-17(21)12-3-1-2-4-15(12)23-18(16)22/h1-9,21H. The number of rotatable bonds is 1. The molecule has 1 N–H and O–H groups in total. The summed E-state index contributed by atoms with van der Waals surface area (Å²) in [6.45, 7) is 0. The molecule has 0 atom stereocenters. The first-order valence-electron chi connectivity index (χ1n) is 6.95. The summed E-state index contributed by atoms with van der Waals surface area (Å²) >= 11 is 5.96. The molecular weight excluding hydrogens is 314 g/mol. The molecule has 0 saturated carbocycles. The molecule has 0 amide bonds. The van der Waals surface area contributed by atoms with Crippen molar-refractivity contribution in [3.05, 3.63) is 70.0 Å². The minimum absolute atomic E-state index is 0.0561. The van der Waals surface area contributed by atoms with Gasteiger partial charge in [0.1, 0.15) is 16.9 Å². The molecule has 0 aliphatic heterocycles. The normalized spacial score (nSPS) is 11.2. The molecule has 0 aliphatic rings. The zero-order valence-electron chi connectivity index (χ0n) is 11.8. The molecule has 0 radical (unpaired) electrons. The van der Waals surface area contributed by atoms with E-state index in [0.29, 0.717) is 27.2 Å². The van der Waals surface area contributed by atoms with Crippen LogP contribution in [0.1, 0.15) is 0 Å². The first-order chi connectivity index (χ1) is 11.1. The average Bonchev–Trinajstić information content (AvgIpc) is 2.55. The fraction of sp³-hybridized carbons (Fsp3) is 0. The number of aromatic hydroxyl groups is 1. The molecule has 4 rings (SSSR count). The first kappa shape index (κ1) is 13.8. The van der Waals surface area contributed by atoms with Crippen LogP contribution in [0.2, 0.25) is 5.02 Å². The Morgan fingerprint density at radius 2 is 1.87 bits per heavy atom. The maximum absolute atomic E-state index is 12.3. The molecule has 5 heteroatoms. The highest BCUT2D eigenvalue weighted by atomic mass is 35.5. The average molecular weight is 324 g/mol. The van der Waals surface area contributed by atoms with E-state index >= 15 is 0 Å². The maximum Gasteiger partial charge on any atom is 0.349 e. The van der Waals surface area contributed by atoms with Crippen molar-refractivity contribution in [1.29, 1.82) is 0 Å². The Morgan fingerprint density at radius 3 is 2.74 bits per heavy atom. The van der Waals surface area contributed by atoms with Gasteiger partial charge in [0, 0.05) is 10.4 Å². The van der Waals surface area contributed by atoms with Gasteiger partial charge in [-0.3, -0.25) is 0 Å². The summed E-state index contributed by atoms with van der Waals surface area (Å²) in [5.41, 5.74) is 0.810. The molecular formula is C18H10ClNO3. The van der Waals surface area contributed by atoms with Crippen molar-refractivity contribution < 1.29 is 9.52 Å². The number of hydrogen-bond donors (Lipinski definition) is 1. The molecule has 2 aromatic carbocycles. The molecule has 0 bridgehead atoms. The quantitative estimate of drug-likeness (QED) is 0.528. The van der Waals surface area contributed by atoms with Crippen molar-refractivity contribution >= 4 is 33.5 Å². The zero-order chi connectivity index (χ0) is 16.0. The van der Waals surface area contributed by atoms with E-state index in [1.165, 1.54) is 0 Å². The topological polar surface area (TPSA) is 63.3 Å². The molecule has 0 fully saturated rings. The van der Waals surface area contributed by atoms with Crippen molar-refractivity contribution in [2.75, 3.05) is 0 Å². The smallest absolute Gasteiger partial charge is 0.349 e. The largest absolute Gasteiger partial charge is 0.506 e. The molecule has 2 heterocycles. The fourth-order valence-corrected chi connectivity index (χ4v) is 2.78. The van der Waals surface area contributed by atoms with E-state index in [1.54, 1.807) is 54.6 Å².